The van der Waals surface area contributed by atoms with Gasteiger partial charge in [-0.1, -0.05) is 7.92 Å². The van der Waals surface area contributed by atoms with Gasteiger partial charge in [0.2, 0.25) is 5.95 Å². The molecule has 61 heavy (non-hydrogen) atoms. The van der Waals surface area contributed by atoms with E-state index >= 15 is 0 Å². The third-order valence-corrected chi connectivity index (χ3v) is 13.3. The number of hydrogen-bond acceptors (Lipinski definition) is 13. The van der Waals surface area contributed by atoms with Gasteiger partial charge in [-0.25, -0.2) is 9.78 Å². The van der Waals surface area contributed by atoms with E-state index in [1.54, 1.807) is 25.7 Å². The summed E-state index contributed by atoms with van der Waals surface area (Å²) in [5.41, 5.74) is 6.79. The highest BCUT2D eigenvalue weighted by atomic mass is 79.9. The lowest BCUT2D eigenvalue weighted by Gasteiger charge is -2.42. The van der Waals surface area contributed by atoms with Gasteiger partial charge < -0.3 is 30.7 Å². The summed E-state index contributed by atoms with van der Waals surface area (Å²) in [7, 11) is 3.18. The molecule has 0 bridgehead atoms. The highest BCUT2D eigenvalue weighted by molar-refractivity contribution is 9.10. The quantitative estimate of drug-likeness (QED) is 0.104. The Balaban J connectivity index is 0.000000739. The van der Waals surface area contributed by atoms with E-state index in [-0.39, 0.29) is 0 Å². The van der Waals surface area contributed by atoms with Crippen molar-refractivity contribution in [2.75, 3.05) is 94.9 Å². The zero-order chi connectivity index (χ0) is 43.3. The van der Waals surface area contributed by atoms with Crippen molar-refractivity contribution in [1.82, 2.24) is 44.8 Å². The van der Waals surface area contributed by atoms with E-state index in [1.807, 2.05) is 24.0 Å². The number of nitrogens with one attached hydrogen (secondary N) is 3. The number of nitrogens with zero attached hydrogens (tertiary/aromatic N) is 9. The van der Waals surface area contributed by atoms with Gasteiger partial charge in [-0.2, -0.15) is 23.3 Å². The summed E-state index contributed by atoms with van der Waals surface area (Å²) in [6.45, 7) is 14.5. The molecule has 3 aliphatic rings. The van der Waals surface area contributed by atoms with Crippen molar-refractivity contribution < 1.29 is 27.8 Å². The van der Waals surface area contributed by atoms with Gasteiger partial charge in [-0.3, -0.25) is 24.4 Å². The molecule has 5 aromatic rings. The van der Waals surface area contributed by atoms with Crippen molar-refractivity contribution in [3.05, 3.63) is 59.7 Å². The number of aliphatic carboxylic acids is 1. The van der Waals surface area contributed by atoms with E-state index in [0.29, 0.717) is 11.8 Å². The van der Waals surface area contributed by atoms with Gasteiger partial charge in [0.25, 0.3) is 0 Å². The van der Waals surface area contributed by atoms with Crippen LogP contribution in [0.3, 0.4) is 0 Å². The van der Waals surface area contributed by atoms with Crippen molar-refractivity contribution >= 4 is 75.0 Å². The fourth-order valence-electron chi connectivity index (χ4n) is 7.94. The maximum Gasteiger partial charge on any atom is 0.490 e. The number of aromatic nitrogens is 6. The number of methoxy groups -OCH3 is 1. The molecule has 6 heterocycles. The van der Waals surface area contributed by atoms with Crippen LogP contribution < -0.4 is 30.9 Å². The Morgan fingerprint density at radius 1 is 1.00 bits per heavy atom. The molecule has 4 N–H and O–H groups in total. The molecule has 0 radical (unpaired) electrons. The molecule has 20 heteroatoms. The minimum atomic E-state index is -5.08. The van der Waals surface area contributed by atoms with Gasteiger partial charge in [-0.15, -0.1) is 0 Å². The summed E-state index contributed by atoms with van der Waals surface area (Å²) in [6, 6.07) is 9.11. The summed E-state index contributed by atoms with van der Waals surface area (Å²) < 4.78 is 40.4. The Kier molecular flexibility index (Phi) is 14.2. The van der Waals surface area contributed by atoms with Gasteiger partial charge >= 0.3 is 12.1 Å². The Labute approximate surface area is 362 Å². The summed E-state index contributed by atoms with van der Waals surface area (Å²) in [5, 5.41) is 23.3. The second-order valence-electron chi connectivity index (χ2n) is 15.6. The largest absolute Gasteiger partial charge is 0.494 e. The third kappa shape index (κ3) is 10.9. The number of aryl methyl sites for hydroxylation is 1. The number of piperidine rings is 1. The van der Waals surface area contributed by atoms with Crippen LogP contribution in [-0.4, -0.2) is 142 Å². The second kappa shape index (κ2) is 19.6. The molecule has 8 rings (SSSR count). The topological polar surface area (TPSA) is 162 Å². The van der Waals surface area contributed by atoms with Crippen LogP contribution in [0.1, 0.15) is 19.3 Å². The smallest absolute Gasteiger partial charge is 0.490 e. The van der Waals surface area contributed by atoms with Crippen LogP contribution in [0.4, 0.5) is 42.0 Å². The number of alkyl halides is 3. The molecule has 0 spiro atoms. The predicted octanol–water partition coefficient (Wildman–Crippen LogP) is 6.27. The molecule has 3 fully saturated rings. The molecule has 15 nitrogen and oxygen atoms in total. The second-order valence-corrected chi connectivity index (χ2v) is 18.7. The van der Waals surface area contributed by atoms with E-state index < -0.39 is 20.1 Å². The van der Waals surface area contributed by atoms with Crippen LogP contribution in [0.5, 0.6) is 5.75 Å². The number of carboxylic acids is 1. The minimum Gasteiger partial charge on any atom is -0.494 e. The Morgan fingerprint density at radius 2 is 1.72 bits per heavy atom. The number of carbonyl (C=O) groups is 1. The van der Waals surface area contributed by atoms with Crippen molar-refractivity contribution in [2.24, 2.45) is 13.0 Å². The van der Waals surface area contributed by atoms with Gasteiger partial charge in [0.05, 0.1) is 34.5 Å². The third-order valence-electron chi connectivity index (χ3n) is 11.4. The Morgan fingerprint density at radius 3 is 2.34 bits per heavy atom. The fraction of sp³-hybridized carbons (Fsp3) is 0.463. The van der Waals surface area contributed by atoms with Gasteiger partial charge in [-0.05, 0) is 92.3 Å². The van der Waals surface area contributed by atoms with Gasteiger partial charge in [0.1, 0.15) is 11.6 Å². The molecule has 3 aliphatic heterocycles. The lowest BCUT2D eigenvalue weighted by molar-refractivity contribution is -0.192. The number of carboxylic acid groups (broad SMARTS) is 1. The fourth-order valence-corrected chi connectivity index (χ4v) is 9.44. The average molecular weight is 928 g/mol. The first-order valence-corrected chi connectivity index (χ1v) is 23.2. The number of ether oxygens (including phenoxy) is 1. The lowest BCUT2D eigenvalue weighted by atomic mass is 9.91. The zero-order valence-corrected chi connectivity index (χ0v) is 37.1. The molecular weight excluding hydrogens is 876 g/mol. The molecule has 2 aromatic carbocycles. The normalized spacial score (nSPS) is 16.9. The van der Waals surface area contributed by atoms with Crippen molar-refractivity contribution in [2.45, 2.75) is 31.5 Å². The SMILES string of the molecule is COc1cc(N2CCN(CCC3CCN(C4CNC4)CC3)CC2)c(-c2cnn(C)c2)cc1Nc1ncc(Br)c(Nc2ccc3nccnc3c2P(C)C)n1.O=C(O)C(F)(F)F. The minimum absolute atomic E-state index is 0.445. The maximum atomic E-state index is 10.6. The number of piperazine rings is 1. The molecule has 0 amide bonds. The summed E-state index contributed by atoms with van der Waals surface area (Å²) in [5.74, 6) is -0.0927. The van der Waals surface area contributed by atoms with E-state index in [1.165, 1.54) is 52.0 Å². The highest BCUT2D eigenvalue weighted by Gasteiger charge is 2.38. The number of rotatable bonds is 12. The maximum absolute atomic E-state index is 10.6. The predicted molar refractivity (Wildman–Crippen MR) is 237 cm³/mol. The first-order valence-electron chi connectivity index (χ1n) is 20.2. The Hall–Kier alpha value is -4.68. The van der Waals surface area contributed by atoms with Crippen molar-refractivity contribution in [3.63, 3.8) is 0 Å². The van der Waals surface area contributed by atoms with Crippen LogP contribution >= 0.6 is 23.9 Å². The van der Waals surface area contributed by atoms with Crippen LogP contribution in [-0.2, 0) is 11.8 Å². The van der Waals surface area contributed by atoms with Crippen molar-refractivity contribution in [3.8, 4) is 16.9 Å². The van der Waals surface area contributed by atoms with E-state index in [4.69, 9.17) is 19.6 Å². The molecular formula is C41H51BrF3N12O3P. The number of halogens is 4. The zero-order valence-electron chi connectivity index (χ0n) is 34.6. The molecule has 0 aliphatic carbocycles. The number of anilines is 5. The first kappa shape index (κ1) is 44.4. The Bertz CT molecular complexity index is 2300. The molecule has 0 saturated carbocycles. The van der Waals surface area contributed by atoms with Crippen LogP contribution in [0.25, 0.3) is 22.2 Å². The number of likely N-dealkylation sites (tertiary alicyclic amines) is 1. The van der Waals surface area contributed by atoms with E-state index in [2.05, 4.69) is 104 Å². The van der Waals surface area contributed by atoms with Crippen LogP contribution in [0.2, 0.25) is 0 Å². The lowest BCUT2D eigenvalue weighted by Crippen LogP contribution is -2.58. The van der Waals surface area contributed by atoms with Gasteiger partial charge in [0.15, 0.2) is 0 Å². The number of fused-ring (bicyclic) bond motifs is 1. The molecule has 326 valence electrons. The molecule has 0 unspecified atom stereocenters. The number of hydrogen-bond donors (Lipinski definition) is 4. The van der Waals surface area contributed by atoms with Crippen LogP contribution in [0, 0.1) is 5.92 Å². The number of benzene rings is 2. The standard InChI is InChI=1S/C39H50BrN12OP.C2HF3O2/c1-49-25-27(21-45-49)29-19-33(47-39-44-24-30(40)38(48-39)46-32-6-5-31-36(37(32)54(3)4)43-11-10-42-31)35(53-2)20-34(29)52-17-15-50(16-18-52)12-7-26-8-13-51(14-9-26)28-22-41-23-28;3-2(4,5)1(6)7/h5-6,10-11,19-21,24-26,28,41H,7-9,12-18,22-23H2,1-4H3,(H2,44,46,47,48);(H,6,7). The van der Waals surface area contributed by atoms with E-state index in [9.17, 15) is 13.2 Å². The molecule has 3 saturated heterocycles. The summed E-state index contributed by atoms with van der Waals surface area (Å²) in [4.78, 5) is 35.5. The van der Waals surface area contributed by atoms with Gasteiger partial charge in [0, 0.05) is 111 Å². The summed E-state index contributed by atoms with van der Waals surface area (Å²) >= 11 is 3.67. The first-order chi connectivity index (χ1) is 29.3. The molecule has 0 atom stereocenters. The van der Waals surface area contributed by atoms with Crippen molar-refractivity contribution in [1.29, 1.82) is 0 Å². The average Bonchev–Trinajstić information content (AvgIpc) is 3.66. The summed E-state index contributed by atoms with van der Waals surface area (Å²) in [6.07, 6.45) is 8.13. The monoisotopic (exact) mass is 926 g/mol. The highest BCUT2D eigenvalue weighted by Crippen LogP contribution is 2.41. The van der Waals surface area contributed by atoms with Crippen LogP contribution in [0.15, 0.2) is 59.7 Å². The van der Waals surface area contributed by atoms with E-state index in [0.717, 1.165) is 92.9 Å². The molecule has 3 aromatic heterocycles.